The molecule has 1 aromatic heterocycles. The Morgan fingerprint density at radius 1 is 0.688 bits per heavy atom. The number of thiophene rings is 1. The van der Waals surface area contributed by atoms with E-state index in [-0.39, 0.29) is 6.10 Å². The number of fused-ring (bicyclic) bond motifs is 9. The standard InChI is InChI=1S/C59H50N2OS2/c1-37(41-30-29-38-15-5-6-16-39(33-38)34-41)62-59-48(35-42-19-7-8-20-45(42)58(59)60)43-31-32-44(40-17-3-2-4-18-40)51(36-43)61(49-23-13-27-54-56(49)46-21-9-11-25-52(46)63-54)50-24-14-28-55-57(50)47-22-10-12-26-53(47)64-55/h2-11,13-25,27-28,31-32,34-39,47,53H,12,26,29-30,33,60H2,1H3. The summed E-state index contributed by atoms with van der Waals surface area (Å²) >= 11 is 3.94. The number of hydrogen-bond donors (Lipinski definition) is 1. The van der Waals surface area contributed by atoms with Crippen molar-refractivity contribution in [3.05, 3.63) is 193 Å². The molecule has 0 amide bonds. The maximum atomic E-state index is 7.32. The molecule has 3 aliphatic carbocycles. The Morgan fingerprint density at radius 3 is 2.41 bits per heavy atom. The van der Waals surface area contributed by atoms with E-state index < -0.39 is 0 Å². The number of ether oxygens (including phenoxy) is 1. The van der Waals surface area contributed by atoms with Gasteiger partial charge in [0.2, 0.25) is 0 Å². The van der Waals surface area contributed by atoms with Crippen molar-refractivity contribution in [1.82, 2.24) is 0 Å². The minimum absolute atomic E-state index is 0.148. The van der Waals surface area contributed by atoms with Gasteiger partial charge in [0.15, 0.2) is 5.75 Å². The molecule has 0 spiro atoms. The second kappa shape index (κ2) is 16.4. The van der Waals surface area contributed by atoms with Gasteiger partial charge in [0.05, 0.1) is 22.7 Å². The van der Waals surface area contributed by atoms with Crippen LogP contribution < -0.4 is 15.4 Å². The van der Waals surface area contributed by atoms with E-state index >= 15 is 0 Å². The van der Waals surface area contributed by atoms with Crippen LogP contribution in [0.2, 0.25) is 0 Å². The number of benzene rings is 7. The molecule has 5 heteroatoms. The number of rotatable bonds is 8. The first-order chi connectivity index (χ1) is 31.6. The zero-order chi connectivity index (χ0) is 42.7. The quantitative estimate of drug-likeness (QED) is 0.122. The van der Waals surface area contributed by atoms with Gasteiger partial charge in [0.25, 0.3) is 0 Å². The van der Waals surface area contributed by atoms with Crippen LogP contribution in [0.5, 0.6) is 5.75 Å². The van der Waals surface area contributed by atoms with Crippen molar-refractivity contribution < 1.29 is 4.74 Å². The van der Waals surface area contributed by atoms with E-state index in [1.807, 2.05) is 11.3 Å². The van der Waals surface area contributed by atoms with Crippen LogP contribution in [0.3, 0.4) is 0 Å². The molecule has 5 unspecified atom stereocenters. The van der Waals surface area contributed by atoms with Crippen LogP contribution in [0.4, 0.5) is 22.7 Å². The number of thioether (sulfide) groups is 1. The molecule has 64 heavy (non-hydrogen) atoms. The van der Waals surface area contributed by atoms with Crippen LogP contribution in [0, 0.1) is 11.8 Å². The number of nitrogens with two attached hydrogens (primary N) is 1. The molecule has 0 saturated heterocycles. The Bertz CT molecular complexity index is 3230. The van der Waals surface area contributed by atoms with Crippen LogP contribution >= 0.6 is 23.1 Å². The minimum atomic E-state index is -0.148. The Labute approximate surface area is 384 Å². The molecule has 314 valence electrons. The van der Waals surface area contributed by atoms with E-state index in [1.54, 1.807) is 0 Å². The van der Waals surface area contributed by atoms with Gasteiger partial charge in [-0.3, -0.25) is 0 Å². The molecule has 1 aliphatic heterocycles. The molecule has 3 nitrogen and oxygen atoms in total. The molecule has 0 radical (unpaired) electrons. The van der Waals surface area contributed by atoms with Crippen molar-refractivity contribution >= 4 is 76.8 Å². The number of nitrogens with zero attached hydrogens (tertiary/aromatic N) is 1. The van der Waals surface area contributed by atoms with Crippen LogP contribution in [0.1, 0.15) is 50.5 Å². The summed E-state index contributed by atoms with van der Waals surface area (Å²) in [6, 6.07) is 51.5. The number of nitrogen functional groups attached to an aromatic ring is 1. The second-order valence-electron chi connectivity index (χ2n) is 17.9. The van der Waals surface area contributed by atoms with E-state index in [2.05, 4.69) is 206 Å². The fraction of sp³-hybridized carbons (Fsp3) is 0.186. The molecular weight excluding hydrogens is 817 g/mol. The third-order valence-electron chi connectivity index (χ3n) is 14.0. The lowest BCUT2D eigenvalue weighted by Crippen LogP contribution is -2.18. The van der Waals surface area contributed by atoms with E-state index in [4.69, 9.17) is 10.5 Å². The fourth-order valence-electron chi connectivity index (χ4n) is 10.9. The molecule has 5 atom stereocenters. The van der Waals surface area contributed by atoms with Crippen LogP contribution in [-0.2, 0) is 0 Å². The molecule has 2 heterocycles. The van der Waals surface area contributed by atoms with Gasteiger partial charge in [-0.2, -0.15) is 0 Å². The van der Waals surface area contributed by atoms with Crippen molar-refractivity contribution in [2.24, 2.45) is 11.8 Å². The van der Waals surface area contributed by atoms with E-state index in [0.29, 0.717) is 28.7 Å². The second-order valence-corrected chi connectivity index (χ2v) is 20.3. The lowest BCUT2D eigenvalue weighted by Gasteiger charge is -2.32. The molecule has 2 N–H and O–H groups in total. The summed E-state index contributed by atoms with van der Waals surface area (Å²) in [5.74, 6) is 2.06. The zero-order valence-corrected chi connectivity index (χ0v) is 37.6. The predicted octanol–water partition coefficient (Wildman–Crippen LogP) is 16.7. The summed E-state index contributed by atoms with van der Waals surface area (Å²) in [5.41, 5.74) is 18.7. The SMILES string of the molecule is CC(Oc1c(-c2ccc(-c3ccccc3)c(N(c3cccc4c3C3C=CCCC3S4)c3cccc4sc5ccccc5c34)c2)cc2ccccc2c1N)C1=CC2C=CC=CC(CC1)C2. The van der Waals surface area contributed by atoms with Crippen LogP contribution in [0.15, 0.2) is 193 Å². The highest BCUT2D eigenvalue weighted by Crippen LogP contribution is 2.57. The van der Waals surface area contributed by atoms with Crippen molar-refractivity contribution in [3.63, 3.8) is 0 Å². The summed E-state index contributed by atoms with van der Waals surface area (Å²) in [4.78, 5) is 3.99. The molecule has 12 rings (SSSR count). The van der Waals surface area contributed by atoms with E-state index in [9.17, 15) is 0 Å². The average molecular weight is 867 g/mol. The average Bonchev–Trinajstić information content (AvgIpc) is 3.74. The van der Waals surface area contributed by atoms with E-state index in [0.717, 1.165) is 64.6 Å². The first-order valence-electron chi connectivity index (χ1n) is 23.0. The summed E-state index contributed by atoms with van der Waals surface area (Å²) < 4.78 is 9.83. The van der Waals surface area contributed by atoms with Crippen molar-refractivity contribution in [1.29, 1.82) is 0 Å². The first-order valence-corrected chi connectivity index (χ1v) is 24.7. The number of allylic oxidation sites excluding steroid dienone is 7. The molecule has 7 aromatic carbocycles. The zero-order valence-electron chi connectivity index (χ0n) is 36.0. The summed E-state index contributed by atoms with van der Waals surface area (Å²) in [6.07, 6.45) is 22.0. The Balaban J connectivity index is 1.10. The maximum Gasteiger partial charge on any atom is 0.151 e. The molecule has 2 bridgehead atoms. The first kappa shape index (κ1) is 39.3. The van der Waals surface area contributed by atoms with Gasteiger partial charge in [-0.05, 0) is 121 Å². The van der Waals surface area contributed by atoms with Gasteiger partial charge >= 0.3 is 0 Å². The topological polar surface area (TPSA) is 38.5 Å². The fourth-order valence-corrected chi connectivity index (χ4v) is 13.5. The molecule has 4 aliphatic rings. The van der Waals surface area contributed by atoms with Gasteiger partial charge in [0, 0.05) is 52.7 Å². The van der Waals surface area contributed by atoms with Gasteiger partial charge in [-0.1, -0.05) is 140 Å². The predicted molar refractivity (Wildman–Crippen MR) is 275 cm³/mol. The summed E-state index contributed by atoms with van der Waals surface area (Å²) in [6.45, 7) is 2.21. The highest BCUT2D eigenvalue weighted by molar-refractivity contribution is 8.00. The smallest absolute Gasteiger partial charge is 0.151 e. The molecule has 8 aromatic rings. The summed E-state index contributed by atoms with van der Waals surface area (Å²) in [7, 11) is 0. The van der Waals surface area contributed by atoms with Gasteiger partial charge in [-0.15, -0.1) is 23.1 Å². The number of hydrogen-bond acceptors (Lipinski definition) is 5. The van der Waals surface area contributed by atoms with E-state index in [1.165, 1.54) is 59.6 Å². The van der Waals surface area contributed by atoms with Crippen LogP contribution in [0.25, 0.3) is 53.2 Å². The molecule has 0 fully saturated rings. The third kappa shape index (κ3) is 6.88. The van der Waals surface area contributed by atoms with Crippen molar-refractivity contribution in [3.8, 4) is 28.0 Å². The monoisotopic (exact) mass is 866 g/mol. The molecular formula is C59H50N2OS2. The Morgan fingerprint density at radius 2 is 1.48 bits per heavy atom. The van der Waals surface area contributed by atoms with Gasteiger partial charge in [0.1, 0.15) is 6.10 Å². The largest absolute Gasteiger partial charge is 0.484 e. The number of anilines is 4. The van der Waals surface area contributed by atoms with Crippen molar-refractivity contribution in [2.75, 3.05) is 10.6 Å². The highest BCUT2D eigenvalue weighted by Gasteiger charge is 2.37. The van der Waals surface area contributed by atoms with Gasteiger partial charge < -0.3 is 15.4 Å². The lowest BCUT2D eigenvalue weighted by atomic mass is 9.87. The molecule has 0 saturated carbocycles. The normalized spacial score (nSPS) is 20.4. The van der Waals surface area contributed by atoms with Crippen molar-refractivity contribution in [2.45, 2.75) is 61.2 Å². The van der Waals surface area contributed by atoms with Crippen LogP contribution in [-0.4, -0.2) is 11.4 Å². The minimum Gasteiger partial charge on any atom is -0.484 e. The maximum absolute atomic E-state index is 7.32. The summed E-state index contributed by atoms with van der Waals surface area (Å²) in [5, 5.41) is 5.20. The Hall–Kier alpha value is -6.27. The third-order valence-corrected chi connectivity index (χ3v) is 16.6. The lowest BCUT2D eigenvalue weighted by molar-refractivity contribution is 0.254. The van der Waals surface area contributed by atoms with Gasteiger partial charge in [-0.25, -0.2) is 0 Å². The highest BCUT2D eigenvalue weighted by atomic mass is 32.2. The Kier molecular flexibility index (Phi) is 10.1.